The lowest BCUT2D eigenvalue weighted by molar-refractivity contribution is 0.336. The molecule has 1 aromatic rings. The maximum Gasteiger partial charge on any atom is 0.216 e. The third kappa shape index (κ3) is 1.94. The zero-order valence-electron chi connectivity index (χ0n) is 8.54. The van der Waals surface area contributed by atoms with Crippen molar-refractivity contribution in [2.24, 2.45) is 5.92 Å². The van der Waals surface area contributed by atoms with Gasteiger partial charge in [0.2, 0.25) is 5.95 Å². The molecule has 76 valence electrons. The van der Waals surface area contributed by atoms with Crippen molar-refractivity contribution in [3.05, 3.63) is 29.8 Å². The Bertz CT molecular complexity index is 311. The predicted octanol–water partition coefficient (Wildman–Crippen LogP) is 3.51. The van der Waals surface area contributed by atoms with Gasteiger partial charge in [0.15, 0.2) is 0 Å². The highest BCUT2D eigenvalue weighted by molar-refractivity contribution is 5.17. The van der Waals surface area contributed by atoms with Gasteiger partial charge < -0.3 is 0 Å². The molecule has 0 aliphatic heterocycles. The maximum absolute atomic E-state index is 13.4. The molecule has 0 spiro atoms. The Balaban J connectivity index is 2.18. The Morgan fingerprint density at radius 2 is 2.29 bits per heavy atom. The number of hydrogen-bond acceptors (Lipinski definition) is 1. The topological polar surface area (TPSA) is 12.9 Å². The molecule has 2 atom stereocenters. The molecule has 1 saturated carbocycles. The molecule has 0 aromatic carbocycles. The predicted molar refractivity (Wildman–Crippen MR) is 54.6 cm³/mol. The molecule has 1 heterocycles. The molecule has 1 fully saturated rings. The first-order chi connectivity index (χ1) is 6.77. The summed E-state index contributed by atoms with van der Waals surface area (Å²) in [7, 11) is 0. The van der Waals surface area contributed by atoms with Crippen LogP contribution in [0.25, 0.3) is 0 Å². The second kappa shape index (κ2) is 4.07. The molecule has 0 saturated heterocycles. The van der Waals surface area contributed by atoms with E-state index < -0.39 is 0 Å². The summed E-state index contributed by atoms with van der Waals surface area (Å²) in [5.41, 5.74) is 0.819. The summed E-state index contributed by atoms with van der Waals surface area (Å²) < 4.78 is 13.4. The van der Waals surface area contributed by atoms with Gasteiger partial charge in [0.1, 0.15) is 0 Å². The molecular weight excluding hydrogens is 177 g/mol. The van der Waals surface area contributed by atoms with Gasteiger partial charge in [-0.2, -0.15) is 4.39 Å². The van der Waals surface area contributed by atoms with Crippen molar-refractivity contribution in [2.75, 3.05) is 0 Å². The minimum Gasteiger partial charge on any atom is -0.228 e. The summed E-state index contributed by atoms with van der Waals surface area (Å²) >= 11 is 0. The summed E-state index contributed by atoms with van der Waals surface area (Å²) in [6.07, 6.45) is 6.26. The molecule has 2 unspecified atom stereocenters. The van der Waals surface area contributed by atoms with E-state index in [-0.39, 0.29) is 5.95 Å². The second-order valence-electron chi connectivity index (χ2n) is 4.35. The highest BCUT2D eigenvalue weighted by Gasteiger charge is 2.22. The van der Waals surface area contributed by atoms with Gasteiger partial charge in [-0.15, -0.1) is 0 Å². The molecular formula is C12H16FN. The highest BCUT2D eigenvalue weighted by atomic mass is 19.1. The summed E-state index contributed by atoms with van der Waals surface area (Å²) in [6.45, 7) is 2.25. The van der Waals surface area contributed by atoms with E-state index in [0.29, 0.717) is 5.92 Å². The zero-order chi connectivity index (χ0) is 9.97. The van der Waals surface area contributed by atoms with Crippen molar-refractivity contribution < 1.29 is 4.39 Å². The van der Waals surface area contributed by atoms with Crippen LogP contribution in [0.5, 0.6) is 0 Å². The van der Waals surface area contributed by atoms with Gasteiger partial charge in [0, 0.05) is 11.8 Å². The number of rotatable bonds is 1. The van der Waals surface area contributed by atoms with Crippen LogP contribution in [0.3, 0.4) is 0 Å². The van der Waals surface area contributed by atoms with Crippen molar-refractivity contribution in [1.82, 2.24) is 4.98 Å². The van der Waals surface area contributed by atoms with Crippen LogP contribution in [-0.2, 0) is 0 Å². The Labute approximate surface area is 84.4 Å². The van der Waals surface area contributed by atoms with Crippen LogP contribution in [0.1, 0.15) is 44.1 Å². The highest BCUT2D eigenvalue weighted by Crippen LogP contribution is 2.36. The Kier molecular flexibility index (Phi) is 2.80. The summed E-state index contributed by atoms with van der Waals surface area (Å²) in [6, 6.07) is 3.71. The Morgan fingerprint density at radius 1 is 1.43 bits per heavy atom. The van der Waals surface area contributed by atoms with Crippen LogP contribution in [0.4, 0.5) is 4.39 Å². The quantitative estimate of drug-likeness (QED) is 0.622. The maximum atomic E-state index is 13.4. The standard InChI is InChI=1S/C12H16FN/c1-9-4-2-5-10(8-9)11-6-3-7-14-12(11)13/h3,6-7,9-10H,2,4-5,8H2,1H3. The van der Waals surface area contributed by atoms with Crippen LogP contribution >= 0.6 is 0 Å². The number of pyridine rings is 1. The zero-order valence-corrected chi connectivity index (χ0v) is 8.54. The molecule has 0 bridgehead atoms. The minimum absolute atomic E-state index is 0.272. The van der Waals surface area contributed by atoms with E-state index in [9.17, 15) is 4.39 Å². The summed E-state index contributed by atoms with van der Waals surface area (Å²) in [5, 5.41) is 0. The average molecular weight is 193 g/mol. The monoisotopic (exact) mass is 193 g/mol. The summed E-state index contributed by atoms with van der Waals surface area (Å²) in [5.74, 6) is 0.854. The third-order valence-corrected chi connectivity index (χ3v) is 3.16. The molecule has 2 heteroatoms. The van der Waals surface area contributed by atoms with Gasteiger partial charge in [-0.3, -0.25) is 0 Å². The van der Waals surface area contributed by atoms with Gasteiger partial charge >= 0.3 is 0 Å². The lowest BCUT2D eigenvalue weighted by Gasteiger charge is -2.26. The van der Waals surface area contributed by atoms with Gasteiger partial charge in [-0.1, -0.05) is 25.8 Å². The van der Waals surface area contributed by atoms with Crippen LogP contribution in [-0.4, -0.2) is 4.98 Å². The molecule has 1 aromatic heterocycles. The number of nitrogens with zero attached hydrogens (tertiary/aromatic N) is 1. The van der Waals surface area contributed by atoms with E-state index in [1.54, 1.807) is 0 Å². The molecule has 14 heavy (non-hydrogen) atoms. The second-order valence-corrected chi connectivity index (χ2v) is 4.35. The van der Waals surface area contributed by atoms with Crippen LogP contribution in [0.2, 0.25) is 0 Å². The number of hydrogen-bond donors (Lipinski definition) is 0. The smallest absolute Gasteiger partial charge is 0.216 e. The first kappa shape index (κ1) is 9.63. The molecule has 1 nitrogen and oxygen atoms in total. The number of aromatic nitrogens is 1. The van der Waals surface area contributed by atoms with E-state index in [4.69, 9.17) is 0 Å². The van der Waals surface area contributed by atoms with Gasteiger partial charge in [0.05, 0.1) is 0 Å². The van der Waals surface area contributed by atoms with E-state index in [1.807, 2.05) is 12.1 Å². The van der Waals surface area contributed by atoms with Gasteiger partial charge in [-0.05, 0) is 30.7 Å². The molecule has 0 N–H and O–H groups in total. The van der Waals surface area contributed by atoms with E-state index in [1.165, 1.54) is 19.0 Å². The van der Waals surface area contributed by atoms with Crippen molar-refractivity contribution in [2.45, 2.75) is 38.5 Å². The van der Waals surface area contributed by atoms with Gasteiger partial charge in [-0.25, -0.2) is 4.98 Å². The Morgan fingerprint density at radius 3 is 3.00 bits per heavy atom. The average Bonchev–Trinajstić information content (AvgIpc) is 2.18. The normalized spacial score (nSPS) is 27.6. The Hall–Kier alpha value is -0.920. The fraction of sp³-hybridized carbons (Fsp3) is 0.583. The van der Waals surface area contributed by atoms with E-state index in [0.717, 1.165) is 24.3 Å². The van der Waals surface area contributed by atoms with Crippen LogP contribution < -0.4 is 0 Å². The lowest BCUT2D eigenvalue weighted by Crippen LogP contribution is -2.13. The SMILES string of the molecule is CC1CCCC(c2cccnc2F)C1. The minimum atomic E-state index is -0.272. The summed E-state index contributed by atoms with van der Waals surface area (Å²) in [4.78, 5) is 3.71. The van der Waals surface area contributed by atoms with Crippen LogP contribution in [0.15, 0.2) is 18.3 Å². The molecule has 0 amide bonds. The molecule has 1 aliphatic carbocycles. The van der Waals surface area contributed by atoms with Crippen LogP contribution in [0, 0.1) is 11.9 Å². The lowest BCUT2D eigenvalue weighted by atomic mass is 9.79. The molecule has 2 rings (SSSR count). The number of halogens is 1. The van der Waals surface area contributed by atoms with Gasteiger partial charge in [0.25, 0.3) is 0 Å². The van der Waals surface area contributed by atoms with Crippen molar-refractivity contribution >= 4 is 0 Å². The van der Waals surface area contributed by atoms with Crippen molar-refractivity contribution in [3.8, 4) is 0 Å². The van der Waals surface area contributed by atoms with Crippen molar-refractivity contribution in [3.63, 3.8) is 0 Å². The fourth-order valence-corrected chi connectivity index (χ4v) is 2.42. The van der Waals surface area contributed by atoms with E-state index in [2.05, 4.69) is 11.9 Å². The molecule has 0 radical (unpaired) electrons. The largest absolute Gasteiger partial charge is 0.228 e. The fourth-order valence-electron chi connectivity index (χ4n) is 2.42. The first-order valence-corrected chi connectivity index (χ1v) is 5.38. The molecule has 1 aliphatic rings. The third-order valence-electron chi connectivity index (χ3n) is 3.16. The van der Waals surface area contributed by atoms with E-state index >= 15 is 0 Å². The first-order valence-electron chi connectivity index (χ1n) is 5.38. The van der Waals surface area contributed by atoms with Crippen molar-refractivity contribution in [1.29, 1.82) is 0 Å².